The van der Waals surface area contributed by atoms with Gasteiger partial charge in [0.1, 0.15) is 0 Å². The van der Waals surface area contributed by atoms with Gasteiger partial charge in [0, 0.05) is 13.1 Å². The maximum Gasteiger partial charge on any atom is 0.0236 e. The molecule has 100 valence electrons. The largest absolute Gasteiger partial charge is 0.330 e. The number of benzene rings is 1. The summed E-state index contributed by atoms with van der Waals surface area (Å²) in [4.78, 5) is 2.60. The number of hydrogen-bond donors (Lipinski definition) is 1. The molecular weight excluding hydrogens is 220 g/mol. The first-order valence-electron chi connectivity index (χ1n) is 7.32. The molecule has 1 aliphatic heterocycles. The van der Waals surface area contributed by atoms with E-state index in [1.165, 1.54) is 44.3 Å². The fraction of sp³-hybridized carbons (Fsp3) is 0.625. The molecule has 0 fully saturated rings. The number of nitrogens with two attached hydrogens (primary N) is 1. The van der Waals surface area contributed by atoms with Gasteiger partial charge in [0.25, 0.3) is 0 Å². The molecule has 0 spiro atoms. The first-order valence-corrected chi connectivity index (χ1v) is 7.32. The quantitative estimate of drug-likeness (QED) is 0.865. The van der Waals surface area contributed by atoms with Gasteiger partial charge in [-0.25, -0.2) is 0 Å². The van der Waals surface area contributed by atoms with E-state index in [-0.39, 0.29) is 0 Å². The van der Waals surface area contributed by atoms with Crippen LogP contribution in [0.15, 0.2) is 24.3 Å². The molecule has 1 heterocycles. The summed E-state index contributed by atoms with van der Waals surface area (Å²) in [5, 5.41) is 0. The summed E-state index contributed by atoms with van der Waals surface area (Å²) >= 11 is 0. The Balaban J connectivity index is 1.99. The van der Waals surface area contributed by atoms with Crippen LogP contribution in [0.5, 0.6) is 0 Å². The Bertz CT molecular complexity index is 362. The summed E-state index contributed by atoms with van der Waals surface area (Å²) in [6.45, 7) is 6.57. The second kappa shape index (κ2) is 6.91. The summed E-state index contributed by atoms with van der Waals surface area (Å²) in [5.41, 5.74) is 8.94. The predicted octanol–water partition coefficient (Wildman–Crippen LogP) is 2.81. The third kappa shape index (κ3) is 3.56. The predicted molar refractivity (Wildman–Crippen MR) is 77.5 cm³/mol. The van der Waals surface area contributed by atoms with Crippen molar-refractivity contribution in [2.45, 2.75) is 39.2 Å². The molecule has 0 saturated heterocycles. The minimum Gasteiger partial charge on any atom is -0.330 e. The van der Waals surface area contributed by atoms with Crippen LogP contribution in [0.3, 0.4) is 0 Å². The molecule has 1 aromatic rings. The number of nitrogens with zero attached hydrogens (tertiary/aromatic N) is 1. The van der Waals surface area contributed by atoms with E-state index in [4.69, 9.17) is 5.73 Å². The average molecular weight is 246 g/mol. The monoisotopic (exact) mass is 246 g/mol. The summed E-state index contributed by atoms with van der Waals surface area (Å²) in [6.07, 6.45) is 5.01. The maximum atomic E-state index is 5.88. The van der Waals surface area contributed by atoms with Gasteiger partial charge in [0.15, 0.2) is 0 Å². The number of rotatable bonds is 5. The summed E-state index contributed by atoms with van der Waals surface area (Å²) in [5.74, 6) is 0.667. The first-order chi connectivity index (χ1) is 8.83. The lowest BCUT2D eigenvalue weighted by atomic mass is 10.0. The zero-order valence-corrected chi connectivity index (χ0v) is 11.6. The SMILES string of the molecule is CCCC(CN)CN1CCCc2ccccc2C1. The molecule has 0 amide bonds. The van der Waals surface area contributed by atoms with Gasteiger partial charge in [0.2, 0.25) is 0 Å². The third-order valence-corrected chi connectivity index (χ3v) is 3.98. The van der Waals surface area contributed by atoms with Gasteiger partial charge < -0.3 is 5.73 Å². The molecule has 2 nitrogen and oxygen atoms in total. The molecule has 2 rings (SSSR count). The molecule has 2 N–H and O–H groups in total. The van der Waals surface area contributed by atoms with Crippen molar-refractivity contribution < 1.29 is 0 Å². The van der Waals surface area contributed by atoms with Crippen molar-refractivity contribution in [3.8, 4) is 0 Å². The lowest BCUT2D eigenvalue weighted by molar-refractivity contribution is 0.221. The highest BCUT2D eigenvalue weighted by atomic mass is 15.1. The lowest BCUT2D eigenvalue weighted by Crippen LogP contribution is -2.32. The van der Waals surface area contributed by atoms with Crippen LogP contribution in [0.4, 0.5) is 0 Å². The van der Waals surface area contributed by atoms with Gasteiger partial charge in [0.05, 0.1) is 0 Å². The van der Waals surface area contributed by atoms with Gasteiger partial charge in [-0.3, -0.25) is 4.90 Å². The Kier molecular flexibility index (Phi) is 5.21. The molecule has 0 saturated carbocycles. The number of aryl methyl sites for hydroxylation is 1. The highest BCUT2D eigenvalue weighted by molar-refractivity contribution is 5.27. The van der Waals surface area contributed by atoms with Crippen LogP contribution in [-0.4, -0.2) is 24.5 Å². The van der Waals surface area contributed by atoms with E-state index in [2.05, 4.69) is 36.1 Å². The van der Waals surface area contributed by atoms with Crippen LogP contribution in [0, 0.1) is 5.92 Å². The van der Waals surface area contributed by atoms with Crippen LogP contribution in [-0.2, 0) is 13.0 Å². The molecule has 0 bridgehead atoms. The van der Waals surface area contributed by atoms with Gasteiger partial charge in [-0.15, -0.1) is 0 Å². The smallest absolute Gasteiger partial charge is 0.0236 e. The van der Waals surface area contributed by atoms with Gasteiger partial charge in [-0.05, 0) is 49.4 Å². The first kappa shape index (κ1) is 13.6. The van der Waals surface area contributed by atoms with Crippen LogP contribution < -0.4 is 5.73 Å². The molecule has 1 unspecified atom stereocenters. The van der Waals surface area contributed by atoms with Crippen LogP contribution in [0.2, 0.25) is 0 Å². The van der Waals surface area contributed by atoms with Gasteiger partial charge >= 0.3 is 0 Å². The molecule has 1 aromatic carbocycles. The van der Waals surface area contributed by atoms with Crippen molar-refractivity contribution in [1.82, 2.24) is 4.90 Å². The van der Waals surface area contributed by atoms with E-state index in [1.54, 1.807) is 5.56 Å². The van der Waals surface area contributed by atoms with E-state index in [0.29, 0.717) is 5.92 Å². The van der Waals surface area contributed by atoms with Crippen molar-refractivity contribution >= 4 is 0 Å². The topological polar surface area (TPSA) is 29.3 Å². The van der Waals surface area contributed by atoms with Crippen molar-refractivity contribution in [3.05, 3.63) is 35.4 Å². The van der Waals surface area contributed by atoms with Crippen LogP contribution in [0.25, 0.3) is 0 Å². The van der Waals surface area contributed by atoms with E-state index in [9.17, 15) is 0 Å². The molecule has 0 aromatic heterocycles. The number of hydrogen-bond acceptors (Lipinski definition) is 2. The standard InChI is InChI=1S/C16H26N2/c1-2-6-14(11-17)12-18-10-5-9-15-7-3-4-8-16(15)13-18/h3-4,7-8,14H,2,5-6,9-13,17H2,1H3. The van der Waals surface area contributed by atoms with Crippen molar-refractivity contribution in [1.29, 1.82) is 0 Å². The minimum atomic E-state index is 0.667. The van der Waals surface area contributed by atoms with Crippen molar-refractivity contribution in [2.24, 2.45) is 11.7 Å². The van der Waals surface area contributed by atoms with Crippen molar-refractivity contribution in [3.63, 3.8) is 0 Å². The van der Waals surface area contributed by atoms with Gasteiger partial charge in [-0.1, -0.05) is 37.6 Å². The second-order valence-corrected chi connectivity index (χ2v) is 5.50. The minimum absolute atomic E-state index is 0.667. The van der Waals surface area contributed by atoms with E-state index in [1.807, 2.05) is 0 Å². The Morgan fingerprint density at radius 1 is 1.28 bits per heavy atom. The maximum absolute atomic E-state index is 5.88. The molecular formula is C16H26N2. The zero-order valence-electron chi connectivity index (χ0n) is 11.6. The molecule has 0 aliphatic carbocycles. The lowest BCUT2D eigenvalue weighted by Gasteiger charge is -2.25. The van der Waals surface area contributed by atoms with E-state index < -0.39 is 0 Å². The Labute approximate surface area is 111 Å². The summed E-state index contributed by atoms with van der Waals surface area (Å²) < 4.78 is 0. The Morgan fingerprint density at radius 2 is 2.06 bits per heavy atom. The zero-order chi connectivity index (χ0) is 12.8. The second-order valence-electron chi connectivity index (χ2n) is 5.50. The third-order valence-electron chi connectivity index (χ3n) is 3.98. The van der Waals surface area contributed by atoms with Crippen molar-refractivity contribution in [2.75, 3.05) is 19.6 Å². The number of fused-ring (bicyclic) bond motifs is 1. The summed E-state index contributed by atoms with van der Waals surface area (Å²) in [6, 6.07) is 8.89. The normalized spacial score (nSPS) is 18.1. The highest BCUT2D eigenvalue weighted by Gasteiger charge is 2.16. The molecule has 2 heteroatoms. The van der Waals surface area contributed by atoms with Gasteiger partial charge in [-0.2, -0.15) is 0 Å². The van der Waals surface area contributed by atoms with E-state index in [0.717, 1.165) is 13.1 Å². The highest BCUT2D eigenvalue weighted by Crippen LogP contribution is 2.19. The molecule has 1 atom stereocenters. The Hall–Kier alpha value is -0.860. The fourth-order valence-electron chi connectivity index (χ4n) is 2.98. The average Bonchev–Trinajstić information content (AvgIpc) is 2.59. The molecule has 18 heavy (non-hydrogen) atoms. The van der Waals surface area contributed by atoms with Crippen LogP contribution >= 0.6 is 0 Å². The fourth-order valence-corrected chi connectivity index (χ4v) is 2.98. The Morgan fingerprint density at radius 3 is 2.78 bits per heavy atom. The molecule has 0 radical (unpaired) electrons. The van der Waals surface area contributed by atoms with Crippen LogP contribution in [0.1, 0.15) is 37.3 Å². The van der Waals surface area contributed by atoms with E-state index >= 15 is 0 Å². The molecule has 1 aliphatic rings. The summed E-state index contributed by atoms with van der Waals surface area (Å²) in [7, 11) is 0.